The summed E-state index contributed by atoms with van der Waals surface area (Å²) < 4.78 is 31.6. The van der Waals surface area contributed by atoms with Crippen LogP contribution in [0, 0.1) is 11.8 Å². The predicted molar refractivity (Wildman–Crippen MR) is 102 cm³/mol. The zero-order valence-electron chi connectivity index (χ0n) is 15.6. The molecule has 27 heavy (non-hydrogen) atoms. The van der Waals surface area contributed by atoms with Crippen molar-refractivity contribution in [3.8, 4) is 0 Å². The van der Waals surface area contributed by atoms with Crippen LogP contribution in [0.2, 0.25) is 0 Å². The summed E-state index contributed by atoms with van der Waals surface area (Å²) in [5, 5.41) is 0. The van der Waals surface area contributed by atoms with Crippen LogP contribution >= 0.6 is 0 Å². The van der Waals surface area contributed by atoms with Crippen molar-refractivity contribution in [1.29, 1.82) is 0 Å². The van der Waals surface area contributed by atoms with E-state index in [0.29, 0.717) is 0 Å². The Morgan fingerprint density at radius 2 is 1.00 bits per heavy atom. The number of nitrogens with zero attached hydrogens (tertiary/aromatic N) is 2. The number of hydrogen-bond donors (Lipinski definition) is 2. The van der Waals surface area contributed by atoms with Gasteiger partial charge in [0.1, 0.15) is 0 Å². The quantitative estimate of drug-likeness (QED) is 0.402. The Morgan fingerprint density at radius 3 is 1.33 bits per heavy atom. The summed E-state index contributed by atoms with van der Waals surface area (Å²) in [6.45, 7) is 5.68. The normalized spacial score (nSPS) is 31.9. The highest BCUT2D eigenvalue weighted by Gasteiger charge is 2.46. The summed E-state index contributed by atoms with van der Waals surface area (Å²) in [6, 6.07) is 1.92. The molecule has 4 aliphatic rings. The molecule has 4 heterocycles. The minimum Gasteiger partial charge on any atom is -0.412 e. The third kappa shape index (κ3) is 8.23. The molecule has 0 aromatic heterocycles. The maximum Gasteiger partial charge on any atom is 0.394 e. The van der Waals surface area contributed by atoms with E-state index in [0.717, 1.165) is 23.9 Å². The highest BCUT2D eigenvalue weighted by molar-refractivity contribution is 7.79. The van der Waals surface area contributed by atoms with Gasteiger partial charge in [0, 0.05) is 25.2 Å². The van der Waals surface area contributed by atoms with Gasteiger partial charge in [0.2, 0.25) is 0 Å². The Hall–Kier alpha value is -0.410. The zero-order valence-corrected chi connectivity index (χ0v) is 16.4. The third-order valence-electron chi connectivity index (χ3n) is 5.96. The van der Waals surface area contributed by atoms with Gasteiger partial charge in [-0.3, -0.25) is 18.9 Å². The van der Waals surface area contributed by atoms with Gasteiger partial charge in [-0.1, -0.05) is 12.8 Å². The van der Waals surface area contributed by atoms with E-state index in [2.05, 4.69) is 9.80 Å². The lowest BCUT2D eigenvalue weighted by Gasteiger charge is -2.57. The summed E-state index contributed by atoms with van der Waals surface area (Å²) >= 11 is 0. The first kappa shape index (κ1) is 31.3. The van der Waals surface area contributed by atoms with Crippen molar-refractivity contribution in [3.63, 3.8) is 0 Å². The van der Waals surface area contributed by atoms with E-state index in [-0.39, 0.29) is 27.4 Å². The van der Waals surface area contributed by atoms with Crippen molar-refractivity contribution in [3.05, 3.63) is 0 Å². The zero-order chi connectivity index (χ0) is 15.7. The molecule has 0 aliphatic carbocycles. The van der Waals surface area contributed by atoms with Crippen LogP contribution in [0.5, 0.6) is 0 Å². The van der Waals surface area contributed by atoms with Gasteiger partial charge in [-0.15, -0.1) is 0 Å². The molecule has 0 spiro atoms. The average molecular weight is 423 g/mol. The molecule has 11 nitrogen and oxygen atoms in total. The van der Waals surface area contributed by atoms with E-state index >= 15 is 0 Å². The summed E-state index contributed by atoms with van der Waals surface area (Å²) in [7, 11) is -4.67. The summed E-state index contributed by atoms with van der Waals surface area (Å²) in [5.74, 6) is 2.03. The maximum atomic E-state index is 8.74. The Morgan fingerprint density at radius 1 is 0.667 bits per heavy atom. The molecule has 4 rings (SSSR count). The van der Waals surface area contributed by atoms with Gasteiger partial charge in [0.05, 0.1) is 0 Å². The maximum absolute atomic E-state index is 8.74. The molecule has 4 fully saturated rings. The summed E-state index contributed by atoms with van der Waals surface area (Å²) in [6.07, 6.45) is 10.5. The Kier molecular flexibility index (Phi) is 15.0. The van der Waals surface area contributed by atoms with Crippen LogP contribution in [0.1, 0.15) is 44.9 Å². The fourth-order valence-corrected chi connectivity index (χ4v) is 5.25. The molecule has 0 amide bonds. The van der Waals surface area contributed by atoms with Crippen molar-refractivity contribution in [2.24, 2.45) is 11.8 Å². The van der Waals surface area contributed by atoms with Crippen LogP contribution < -0.4 is 0 Å². The van der Waals surface area contributed by atoms with Gasteiger partial charge in [-0.05, 0) is 57.0 Å². The number of hydrogen-bond acceptors (Lipinski definition) is 4. The first-order valence-electron chi connectivity index (χ1n) is 8.60. The summed E-state index contributed by atoms with van der Waals surface area (Å²) in [5.41, 5.74) is 0. The van der Waals surface area contributed by atoms with E-state index in [9.17, 15) is 0 Å². The van der Waals surface area contributed by atoms with Gasteiger partial charge >= 0.3 is 10.4 Å². The van der Waals surface area contributed by atoms with E-state index in [4.69, 9.17) is 17.5 Å². The number of fused-ring (bicyclic) bond motifs is 6. The van der Waals surface area contributed by atoms with E-state index in [1.54, 1.807) is 6.42 Å². The van der Waals surface area contributed by atoms with Crippen molar-refractivity contribution < 1.29 is 44.9 Å². The van der Waals surface area contributed by atoms with Crippen molar-refractivity contribution in [2.75, 3.05) is 26.2 Å². The van der Waals surface area contributed by atoms with Crippen molar-refractivity contribution in [1.82, 2.24) is 9.80 Å². The minimum atomic E-state index is -4.67. The first-order valence-corrected chi connectivity index (χ1v) is 9.99. The standard InChI is InChI=1S/C15H26N2.H2O4S.5H2O/c1-3-7-16-11-13-9-12(14(16)5-1)10-17-8-4-2-6-15(13)17;1-5(2,3)4;;;;;/h12-15H,1-11H2;(H2,1,2,3,4);5*1H2. The van der Waals surface area contributed by atoms with Crippen molar-refractivity contribution in [2.45, 2.75) is 57.0 Å². The molecule has 2 bridgehead atoms. The van der Waals surface area contributed by atoms with Gasteiger partial charge in [-0.25, -0.2) is 0 Å². The van der Waals surface area contributed by atoms with Gasteiger partial charge in [-0.2, -0.15) is 8.42 Å². The fraction of sp³-hybridized carbons (Fsp3) is 1.00. The monoisotopic (exact) mass is 422 g/mol. The van der Waals surface area contributed by atoms with E-state index in [1.165, 1.54) is 64.7 Å². The fourth-order valence-electron chi connectivity index (χ4n) is 5.25. The Bertz CT molecular complexity index is 458. The second-order valence-electron chi connectivity index (χ2n) is 7.32. The Labute approximate surface area is 160 Å². The molecule has 4 unspecified atom stereocenters. The molecule has 12 heteroatoms. The first-order chi connectivity index (χ1) is 10.4. The smallest absolute Gasteiger partial charge is 0.394 e. The van der Waals surface area contributed by atoms with Gasteiger partial charge in [0.25, 0.3) is 0 Å². The molecule has 4 aliphatic heterocycles. The lowest BCUT2D eigenvalue weighted by molar-refractivity contribution is -0.0718. The molecule has 0 aromatic rings. The molecule has 4 atom stereocenters. The number of rotatable bonds is 0. The molecular formula is C15H38N2O9S. The number of piperidine rings is 4. The van der Waals surface area contributed by atoms with Crippen LogP contribution in [0.15, 0.2) is 0 Å². The second kappa shape index (κ2) is 12.9. The van der Waals surface area contributed by atoms with Crippen LogP contribution in [-0.2, 0) is 10.4 Å². The van der Waals surface area contributed by atoms with Crippen LogP contribution in [0.25, 0.3) is 0 Å². The lowest BCUT2D eigenvalue weighted by atomic mass is 9.71. The largest absolute Gasteiger partial charge is 0.412 e. The van der Waals surface area contributed by atoms with Crippen molar-refractivity contribution >= 4 is 10.4 Å². The minimum absolute atomic E-state index is 0. The molecule has 12 N–H and O–H groups in total. The molecule has 0 aromatic carbocycles. The highest BCUT2D eigenvalue weighted by atomic mass is 32.3. The Balaban J connectivity index is -0.000000524. The molecular weight excluding hydrogens is 384 g/mol. The van der Waals surface area contributed by atoms with E-state index < -0.39 is 10.4 Å². The SMILES string of the molecule is C1CCN2CC3CC(CN4CCCCC34)C2C1.O.O.O.O.O.O=S(=O)(O)O. The predicted octanol–water partition coefficient (Wildman–Crippen LogP) is -2.43. The average Bonchev–Trinajstić information content (AvgIpc) is 2.46. The molecule has 4 saturated heterocycles. The highest BCUT2D eigenvalue weighted by Crippen LogP contribution is 2.42. The van der Waals surface area contributed by atoms with Crippen LogP contribution in [0.3, 0.4) is 0 Å². The molecule has 0 saturated carbocycles. The van der Waals surface area contributed by atoms with Gasteiger partial charge < -0.3 is 27.4 Å². The molecule has 0 radical (unpaired) electrons. The summed E-state index contributed by atoms with van der Waals surface area (Å²) in [4.78, 5) is 5.74. The van der Waals surface area contributed by atoms with Crippen LogP contribution in [0.4, 0.5) is 0 Å². The second-order valence-corrected chi connectivity index (χ2v) is 8.22. The molecule has 168 valence electrons. The topological polar surface area (TPSA) is 239 Å². The van der Waals surface area contributed by atoms with E-state index in [1.807, 2.05) is 0 Å². The van der Waals surface area contributed by atoms with Gasteiger partial charge in [0.15, 0.2) is 0 Å². The van der Waals surface area contributed by atoms with Crippen LogP contribution in [-0.4, -0.2) is 93.0 Å². The lowest BCUT2D eigenvalue weighted by Crippen LogP contribution is -2.63. The third-order valence-corrected chi connectivity index (χ3v) is 5.96.